The maximum absolute atomic E-state index is 12.4. The lowest BCUT2D eigenvalue weighted by atomic mass is 9.71. The molecule has 4 nitrogen and oxygen atoms in total. The van der Waals surface area contributed by atoms with Crippen LogP contribution in [0.4, 0.5) is 0 Å². The van der Waals surface area contributed by atoms with Crippen LogP contribution in [0.5, 0.6) is 0 Å². The fourth-order valence-electron chi connectivity index (χ4n) is 4.23. The molecule has 0 aliphatic heterocycles. The van der Waals surface area contributed by atoms with Crippen LogP contribution in [0.15, 0.2) is 18.3 Å². The van der Waals surface area contributed by atoms with E-state index in [4.69, 9.17) is 4.74 Å². The minimum absolute atomic E-state index is 0.0879. The molecule has 1 heterocycles. The molecule has 0 saturated heterocycles. The van der Waals surface area contributed by atoms with Gasteiger partial charge in [-0.3, -0.25) is 0 Å². The summed E-state index contributed by atoms with van der Waals surface area (Å²) in [6.07, 6.45) is 16.6. The Balaban J connectivity index is 1.76. The topological polar surface area (TPSA) is 63.0 Å². The van der Waals surface area contributed by atoms with Crippen molar-refractivity contribution < 1.29 is 9.53 Å². The molecule has 0 N–H and O–H groups in total. The Morgan fingerprint density at radius 3 is 2.41 bits per heavy atom. The van der Waals surface area contributed by atoms with Gasteiger partial charge in [0.05, 0.1) is 11.5 Å². The summed E-state index contributed by atoms with van der Waals surface area (Å²) in [5.41, 5.74) is 1.34. The van der Waals surface area contributed by atoms with Gasteiger partial charge in [0, 0.05) is 6.20 Å². The van der Waals surface area contributed by atoms with Crippen LogP contribution in [0.1, 0.15) is 113 Å². The quantitative estimate of drug-likeness (QED) is 0.287. The Morgan fingerprint density at radius 2 is 1.79 bits per heavy atom. The van der Waals surface area contributed by atoms with Gasteiger partial charge in [0.15, 0.2) is 0 Å². The maximum atomic E-state index is 12.4. The number of hydrogen-bond acceptors (Lipinski definition) is 4. The number of unbranched alkanes of at least 4 members (excludes halogenated alkanes) is 6. The second kappa shape index (κ2) is 12.6. The van der Waals surface area contributed by atoms with E-state index in [1.807, 2.05) is 6.07 Å². The van der Waals surface area contributed by atoms with Crippen LogP contribution in [0.25, 0.3) is 0 Å². The van der Waals surface area contributed by atoms with Crippen molar-refractivity contribution in [2.45, 2.75) is 110 Å². The lowest BCUT2D eigenvalue weighted by Crippen LogP contribution is -2.31. The Morgan fingerprint density at radius 1 is 1.10 bits per heavy atom. The predicted octanol–water partition coefficient (Wildman–Crippen LogP) is 6.78. The van der Waals surface area contributed by atoms with Crippen molar-refractivity contribution in [1.29, 1.82) is 5.26 Å². The van der Waals surface area contributed by atoms with Crippen LogP contribution in [-0.4, -0.2) is 17.1 Å². The molecule has 1 aromatic rings. The van der Waals surface area contributed by atoms with Crippen molar-refractivity contribution in [2.24, 2.45) is 5.41 Å². The summed E-state index contributed by atoms with van der Waals surface area (Å²) in [4.78, 5) is 16.7. The van der Waals surface area contributed by atoms with Gasteiger partial charge in [0.2, 0.25) is 0 Å². The van der Waals surface area contributed by atoms with Crippen molar-refractivity contribution in [2.75, 3.05) is 0 Å². The first kappa shape index (κ1) is 23.4. The van der Waals surface area contributed by atoms with Gasteiger partial charge in [-0.1, -0.05) is 64.9 Å². The third kappa shape index (κ3) is 7.80. The molecule has 0 bridgehead atoms. The summed E-state index contributed by atoms with van der Waals surface area (Å²) in [7, 11) is 0. The Labute approximate surface area is 177 Å². The number of aryl methyl sites for hydroxylation is 1. The van der Waals surface area contributed by atoms with E-state index >= 15 is 0 Å². The van der Waals surface area contributed by atoms with Gasteiger partial charge in [-0.25, -0.2) is 9.78 Å². The van der Waals surface area contributed by atoms with Crippen LogP contribution >= 0.6 is 0 Å². The molecule has 0 aromatic carbocycles. The summed E-state index contributed by atoms with van der Waals surface area (Å²) >= 11 is 0. The largest absolute Gasteiger partial charge is 0.458 e. The van der Waals surface area contributed by atoms with Crippen LogP contribution in [-0.2, 0) is 11.2 Å². The molecule has 0 atom stereocenters. The number of ether oxygens (including phenoxy) is 1. The molecule has 160 valence electrons. The number of esters is 1. The summed E-state index contributed by atoms with van der Waals surface area (Å²) in [6, 6.07) is 6.35. The fraction of sp³-hybridized carbons (Fsp3) is 0.720. The molecule has 4 heteroatoms. The van der Waals surface area contributed by atoms with Crippen LogP contribution in [0.2, 0.25) is 0 Å². The SMILES string of the molecule is CCCCCCCC1(C#N)CCC(OC(=O)c2ccc(CCCCC)cn2)CC1. The van der Waals surface area contributed by atoms with Gasteiger partial charge in [-0.05, 0) is 56.6 Å². The van der Waals surface area contributed by atoms with Gasteiger partial charge in [0.25, 0.3) is 0 Å². The number of carbonyl (C=O) groups is 1. The minimum Gasteiger partial charge on any atom is -0.458 e. The zero-order chi connectivity index (χ0) is 21.0. The van der Waals surface area contributed by atoms with Crippen molar-refractivity contribution in [3.05, 3.63) is 29.6 Å². The summed E-state index contributed by atoms with van der Waals surface area (Å²) in [5.74, 6) is -0.334. The molecule has 0 spiro atoms. The molecule has 1 aromatic heterocycles. The lowest BCUT2D eigenvalue weighted by Gasteiger charge is -2.34. The molecule has 2 rings (SSSR count). The predicted molar refractivity (Wildman–Crippen MR) is 117 cm³/mol. The normalized spacial score (nSPS) is 21.5. The molecular formula is C25H38N2O2. The summed E-state index contributed by atoms with van der Waals surface area (Å²) in [6.45, 7) is 4.41. The van der Waals surface area contributed by atoms with Crippen molar-refractivity contribution in [3.63, 3.8) is 0 Å². The van der Waals surface area contributed by atoms with Gasteiger partial charge in [-0.15, -0.1) is 0 Å². The molecule has 1 aliphatic rings. The van der Waals surface area contributed by atoms with E-state index in [1.54, 1.807) is 12.3 Å². The van der Waals surface area contributed by atoms with Gasteiger partial charge < -0.3 is 4.74 Å². The Hall–Kier alpha value is -1.89. The highest BCUT2D eigenvalue weighted by atomic mass is 16.5. The molecule has 1 fully saturated rings. The summed E-state index contributed by atoms with van der Waals surface area (Å²) in [5, 5.41) is 9.73. The van der Waals surface area contributed by atoms with Crippen molar-refractivity contribution in [3.8, 4) is 6.07 Å². The Kier molecular flexibility index (Phi) is 10.2. The molecule has 0 unspecified atom stereocenters. The second-order valence-corrected chi connectivity index (χ2v) is 8.67. The highest BCUT2D eigenvalue weighted by Crippen LogP contribution is 2.41. The van der Waals surface area contributed by atoms with Crippen molar-refractivity contribution in [1.82, 2.24) is 4.98 Å². The second-order valence-electron chi connectivity index (χ2n) is 8.67. The summed E-state index contributed by atoms with van der Waals surface area (Å²) < 4.78 is 5.70. The first-order valence-corrected chi connectivity index (χ1v) is 11.7. The molecule has 0 amide bonds. The third-order valence-electron chi connectivity index (χ3n) is 6.26. The number of aromatic nitrogens is 1. The monoisotopic (exact) mass is 398 g/mol. The van der Waals surface area contributed by atoms with E-state index < -0.39 is 0 Å². The molecule has 1 saturated carbocycles. The maximum Gasteiger partial charge on any atom is 0.357 e. The number of nitrogens with zero attached hydrogens (tertiary/aromatic N) is 2. The van der Waals surface area contributed by atoms with E-state index in [0.717, 1.165) is 51.4 Å². The molecular weight excluding hydrogens is 360 g/mol. The third-order valence-corrected chi connectivity index (χ3v) is 6.26. The van der Waals surface area contributed by atoms with Gasteiger partial charge >= 0.3 is 5.97 Å². The van der Waals surface area contributed by atoms with Crippen LogP contribution < -0.4 is 0 Å². The van der Waals surface area contributed by atoms with Gasteiger partial charge in [-0.2, -0.15) is 5.26 Å². The standard InChI is InChI=1S/C25H38N2O2/c1-3-5-7-8-10-16-25(20-26)17-14-22(15-18-25)29-24(28)23-13-12-21(19-27-23)11-9-6-4-2/h12-13,19,22H,3-11,14-18H2,1-2H3. The Bertz CT molecular complexity index is 640. The van der Waals surface area contributed by atoms with Gasteiger partial charge in [0.1, 0.15) is 11.8 Å². The average molecular weight is 399 g/mol. The smallest absolute Gasteiger partial charge is 0.357 e. The van der Waals surface area contributed by atoms with E-state index in [0.29, 0.717) is 5.69 Å². The fourth-order valence-corrected chi connectivity index (χ4v) is 4.23. The highest BCUT2D eigenvalue weighted by molar-refractivity contribution is 5.87. The van der Waals surface area contributed by atoms with Crippen LogP contribution in [0, 0.1) is 16.7 Å². The zero-order valence-corrected chi connectivity index (χ0v) is 18.4. The molecule has 1 aliphatic carbocycles. The first-order chi connectivity index (χ1) is 14.1. The number of carbonyl (C=O) groups excluding carboxylic acids is 1. The average Bonchev–Trinajstić information content (AvgIpc) is 2.75. The number of hydrogen-bond donors (Lipinski definition) is 0. The van der Waals surface area contributed by atoms with E-state index in [1.165, 1.54) is 44.1 Å². The number of rotatable bonds is 12. The van der Waals surface area contributed by atoms with E-state index in [2.05, 4.69) is 24.9 Å². The molecule has 29 heavy (non-hydrogen) atoms. The number of pyridine rings is 1. The minimum atomic E-state index is -0.334. The molecule has 0 radical (unpaired) electrons. The number of nitriles is 1. The van der Waals surface area contributed by atoms with Crippen LogP contribution in [0.3, 0.4) is 0 Å². The van der Waals surface area contributed by atoms with Crippen molar-refractivity contribution >= 4 is 5.97 Å². The zero-order valence-electron chi connectivity index (χ0n) is 18.4. The van der Waals surface area contributed by atoms with E-state index in [9.17, 15) is 10.1 Å². The lowest BCUT2D eigenvalue weighted by molar-refractivity contribution is 0.00986. The highest BCUT2D eigenvalue weighted by Gasteiger charge is 2.36. The first-order valence-electron chi connectivity index (χ1n) is 11.7. The van der Waals surface area contributed by atoms with E-state index in [-0.39, 0.29) is 17.5 Å².